The lowest BCUT2D eigenvalue weighted by atomic mass is 9.99. The zero-order valence-corrected chi connectivity index (χ0v) is 10.5. The second-order valence-electron chi connectivity index (χ2n) is 5.85. The molecule has 1 unspecified atom stereocenters. The minimum absolute atomic E-state index is 0.106. The Morgan fingerprint density at radius 3 is 2.82 bits per heavy atom. The molecule has 5 nitrogen and oxygen atoms in total. The number of hydrogen-bond donors (Lipinski definition) is 1. The molecule has 2 rings (SSSR count). The van der Waals surface area contributed by atoms with Crippen LogP contribution in [0.1, 0.15) is 27.2 Å². The van der Waals surface area contributed by atoms with Gasteiger partial charge in [0.05, 0.1) is 18.8 Å². The Bertz CT molecular complexity index is 334. The first-order chi connectivity index (χ1) is 7.88. The summed E-state index contributed by atoms with van der Waals surface area (Å²) in [7, 11) is 0. The number of ether oxygens (including phenoxy) is 2. The van der Waals surface area contributed by atoms with Gasteiger partial charge in [0.2, 0.25) is 6.10 Å². The average molecular weight is 241 g/mol. The molecule has 1 N–H and O–H groups in total. The van der Waals surface area contributed by atoms with E-state index in [1.165, 1.54) is 0 Å². The second-order valence-corrected chi connectivity index (χ2v) is 5.85. The highest BCUT2D eigenvalue weighted by atomic mass is 16.6. The van der Waals surface area contributed by atoms with Crippen molar-refractivity contribution in [2.45, 2.75) is 45.4 Å². The third-order valence-electron chi connectivity index (χ3n) is 2.90. The van der Waals surface area contributed by atoms with E-state index in [9.17, 15) is 9.59 Å². The van der Waals surface area contributed by atoms with Gasteiger partial charge in [-0.15, -0.1) is 0 Å². The molecule has 2 fully saturated rings. The molecule has 0 spiro atoms. The Balaban J connectivity index is 1.91. The largest absolute Gasteiger partial charge is 0.463 e. The summed E-state index contributed by atoms with van der Waals surface area (Å²) in [6.45, 7) is 6.96. The molecule has 2 aliphatic rings. The molecule has 0 bridgehead atoms. The molecular weight excluding hydrogens is 222 g/mol. The quantitative estimate of drug-likeness (QED) is 0.555. The topological polar surface area (TPSA) is 64.6 Å². The number of carbonyl (C=O) groups is 2. The van der Waals surface area contributed by atoms with Crippen LogP contribution >= 0.6 is 0 Å². The molecule has 5 heteroatoms. The third kappa shape index (κ3) is 2.66. The summed E-state index contributed by atoms with van der Waals surface area (Å²) in [5.74, 6) is -0.743. The van der Waals surface area contributed by atoms with E-state index < -0.39 is 12.1 Å². The van der Waals surface area contributed by atoms with Crippen LogP contribution in [0.2, 0.25) is 0 Å². The van der Waals surface area contributed by atoms with Crippen LogP contribution in [0.15, 0.2) is 0 Å². The minimum atomic E-state index is -1.03. The van der Waals surface area contributed by atoms with Gasteiger partial charge in [-0.1, -0.05) is 20.8 Å². The maximum absolute atomic E-state index is 11.9. The van der Waals surface area contributed by atoms with Crippen LogP contribution in [-0.4, -0.2) is 43.2 Å². The van der Waals surface area contributed by atoms with Crippen LogP contribution in [0.5, 0.6) is 0 Å². The zero-order chi connectivity index (χ0) is 12.6. The Morgan fingerprint density at radius 1 is 1.53 bits per heavy atom. The first-order valence-corrected chi connectivity index (χ1v) is 5.98. The zero-order valence-electron chi connectivity index (χ0n) is 10.5. The number of ketones is 1. The number of nitrogens with one attached hydrogen (secondary N) is 1. The van der Waals surface area contributed by atoms with E-state index in [1.54, 1.807) is 0 Å². The predicted octanol–water partition coefficient (Wildman–Crippen LogP) is 0.274. The van der Waals surface area contributed by atoms with Crippen molar-refractivity contribution in [3.8, 4) is 0 Å². The van der Waals surface area contributed by atoms with Crippen molar-refractivity contribution < 1.29 is 19.1 Å². The van der Waals surface area contributed by atoms with Crippen LogP contribution in [-0.2, 0) is 19.1 Å². The molecule has 2 saturated heterocycles. The fourth-order valence-electron chi connectivity index (χ4n) is 2.05. The van der Waals surface area contributed by atoms with Crippen molar-refractivity contribution in [1.82, 2.24) is 5.32 Å². The van der Waals surface area contributed by atoms with Gasteiger partial charge in [-0.2, -0.15) is 0 Å². The van der Waals surface area contributed by atoms with Gasteiger partial charge >= 0.3 is 5.97 Å². The van der Waals surface area contributed by atoms with Gasteiger partial charge in [-0.3, -0.25) is 4.79 Å². The molecule has 3 atom stereocenters. The number of fused-ring (bicyclic) bond motifs is 1. The lowest BCUT2D eigenvalue weighted by molar-refractivity contribution is -0.161. The first kappa shape index (κ1) is 12.5. The van der Waals surface area contributed by atoms with Gasteiger partial charge in [0.25, 0.3) is 0 Å². The van der Waals surface area contributed by atoms with E-state index in [4.69, 9.17) is 9.47 Å². The van der Waals surface area contributed by atoms with Crippen LogP contribution in [0.3, 0.4) is 0 Å². The fraction of sp³-hybridized carbons (Fsp3) is 0.833. The second kappa shape index (κ2) is 4.38. The summed E-state index contributed by atoms with van der Waals surface area (Å²) in [6, 6.07) is -0.317. The highest BCUT2D eigenvalue weighted by molar-refractivity contribution is 6.06. The number of carbonyl (C=O) groups excluding carboxylic acids is 2. The Hall–Kier alpha value is -0.940. The summed E-state index contributed by atoms with van der Waals surface area (Å²) < 4.78 is 10.6. The predicted molar refractivity (Wildman–Crippen MR) is 60.5 cm³/mol. The molecule has 0 radical (unpaired) electrons. The smallest absolute Gasteiger partial charge is 0.343 e. The van der Waals surface area contributed by atoms with E-state index in [1.807, 2.05) is 20.8 Å². The van der Waals surface area contributed by atoms with Crippen molar-refractivity contribution in [1.29, 1.82) is 0 Å². The van der Waals surface area contributed by atoms with Crippen molar-refractivity contribution >= 4 is 11.8 Å². The van der Waals surface area contributed by atoms with E-state index in [0.29, 0.717) is 6.61 Å². The maximum Gasteiger partial charge on any atom is 0.343 e. The summed E-state index contributed by atoms with van der Waals surface area (Å²) >= 11 is 0. The van der Waals surface area contributed by atoms with Crippen molar-refractivity contribution in [2.24, 2.45) is 5.41 Å². The lowest BCUT2D eigenvalue weighted by Gasteiger charge is -2.19. The Morgan fingerprint density at radius 2 is 2.24 bits per heavy atom. The third-order valence-corrected chi connectivity index (χ3v) is 2.90. The minimum Gasteiger partial charge on any atom is -0.463 e. The van der Waals surface area contributed by atoms with E-state index in [2.05, 4.69) is 5.32 Å². The molecule has 0 aromatic carbocycles. The summed E-state index contributed by atoms with van der Waals surface area (Å²) in [6.07, 6.45) is -0.408. The highest BCUT2D eigenvalue weighted by Gasteiger charge is 2.49. The van der Waals surface area contributed by atoms with Gasteiger partial charge in [-0.25, -0.2) is 4.79 Å². The molecule has 0 aliphatic carbocycles. The average Bonchev–Trinajstić information content (AvgIpc) is 2.77. The van der Waals surface area contributed by atoms with Crippen molar-refractivity contribution in [2.75, 3.05) is 13.2 Å². The fourth-order valence-corrected chi connectivity index (χ4v) is 2.05. The van der Waals surface area contributed by atoms with Crippen LogP contribution in [0.25, 0.3) is 0 Å². The molecule has 0 amide bonds. The SMILES string of the molecule is CC(C)(C)COC(=O)C1O[C@@H]2CCN[C@@H]2C1=O. The highest BCUT2D eigenvalue weighted by Crippen LogP contribution is 2.25. The molecule has 17 heavy (non-hydrogen) atoms. The summed E-state index contributed by atoms with van der Waals surface area (Å²) in [4.78, 5) is 23.6. The van der Waals surface area contributed by atoms with Crippen molar-refractivity contribution in [3.05, 3.63) is 0 Å². The molecule has 0 aromatic rings. The normalized spacial score (nSPS) is 32.6. The van der Waals surface area contributed by atoms with E-state index in [-0.39, 0.29) is 23.3 Å². The molecule has 0 saturated carbocycles. The van der Waals surface area contributed by atoms with Gasteiger partial charge in [0.1, 0.15) is 0 Å². The van der Waals surface area contributed by atoms with Crippen molar-refractivity contribution in [3.63, 3.8) is 0 Å². The summed E-state index contributed by atoms with van der Waals surface area (Å²) in [5.41, 5.74) is -0.106. The van der Waals surface area contributed by atoms with Gasteiger partial charge < -0.3 is 14.8 Å². The lowest BCUT2D eigenvalue weighted by Crippen LogP contribution is -2.39. The number of esters is 1. The Kier molecular flexibility index (Phi) is 3.23. The summed E-state index contributed by atoms with van der Waals surface area (Å²) in [5, 5.41) is 3.04. The molecule has 96 valence electrons. The number of Topliss-reactive ketones (excluding diaryl/α,β-unsaturated/α-hetero) is 1. The van der Waals surface area contributed by atoms with Crippen LogP contribution < -0.4 is 5.32 Å². The van der Waals surface area contributed by atoms with Gasteiger partial charge in [0.15, 0.2) is 5.78 Å². The van der Waals surface area contributed by atoms with Gasteiger partial charge in [-0.05, 0) is 18.4 Å². The molecule has 2 heterocycles. The maximum atomic E-state index is 11.9. The van der Waals surface area contributed by atoms with E-state index >= 15 is 0 Å². The number of hydrogen-bond acceptors (Lipinski definition) is 5. The Labute approximate surface area is 101 Å². The monoisotopic (exact) mass is 241 g/mol. The van der Waals surface area contributed by atoms with Gasteiger partial charge in [0, 0.05) is 0 Å². The van der Waals surface area contributed by atoms with Crippen LogP contribution in [0.4, 0.5) is 0 Å². The first-order valence-electron chi connectivity index (χ1n) is 5.98. The van der Waals surface area contributed by atoms with E-state index in [0.717, 1.165) is 13.0 Å². The number of rotatable bonds is 2. The van der Waals surface area contributed by atoms with Crippen LogP contribution in [0, 0.1) is 5.41 Å². The molecule has 0 aromatic heterocycles. The molecular formula is C12H19NO4. The molecule has 2 aliphatic heterocycles. The standard InChI is InChI=1S/C12H19NO4/c1-12(2,3)6-16-11(15)10-9(14)8-7(17-10)4-5-13-8/h7-8,10,13H,4-6H2,1-3H3/t7-,8+,10?/m1/s1.